The molecule has 16 heavy (non-hydrogen) atoms. The van der Waals surface area contributed by atoms with Crippen LogP contribution in [-0.4, -0.2) is 13.2 Å². The lowest BCUT2D eigenvalue weighted by atomic mass is 9.89. The Morgan fingerprint density at radius 2 is 2.31 bits per heavy atom. The van der Waals surface area contributed by atoms with Gasteiger partial charge in [0, 0.05) is 18.1 Å². The number of nitrogens with two attached hydrogens (primary N) is 1. The molecule has 90 valence electrons. The van der Waals surface area contributed by atoms with Gasteiger partial charge in [-0.15, -0.1) is 11.3 Å². The van der Waals surface area contributed by atoms with Crippen LogP contribution in [0.25, 0.3) is 0 Å². The first-order valence-corrected chi connectivity index (χ1v) is 6.85. The Balaban J connectivity index is 2.14. The van der Waals surface area contributed by atoms with Crippen molar-refractivity contribution in [3.63, 3.8) is 0 Å². The smallest absolute Gasteiger partial charge is 0.0585 e. The maximum absolute atomic E-state index is 5.73. The van der Waals surface area contributed by atoms with Crippen LogP contribution in [0.5, 0.6) is 0 Å². The topological polar surface area (TPSA) is 47.3 Å². The predicted octanol–water partition coefficient (Wildman–Crippen LogP) is 2.24. The summed E-state index contributed by atoms with van der Waals surface area (Å²) < 4.78 is 5.40. The van der Waals surface area contributed by atoms with Crippen LogP contribution in [0.3, 0.4) is 0 Å². The van der Waals surface area contributed by atoms with Crippen LogP contribution in [0.15, 0.2) is 11.4 Å². The van der Waals surface area contributed by atoms with E-state index in [9.17, 15) is 0 Å². The SMILES string of the molecule is CCc1ccsc1C(NN)C1CCOCC1. The molecule has 3 N–H and O–H groups in total. The van der Waals surface area contributed by atoms with E-state index >= 15 is 0 Å². The van der Waals surface area contributed by atoms with Crippen LogP contribution in [-0.2, 0) is 11.2 Å². The molecule has 0 amide bonds. The van der Waals surface area contributed by atoms with Gasteiger partial charge in [0.2, 0.25) is 0 Å². The number of thiophene rings is 1. The Hall–Kier alpha value is -0.420. The highest BCUT2D eigenvalue weighted by molar-refractivity contribution is 7.10. The molecule has 0 saturated carbocycles. The molecule has 1 aliphatic heterocycles. The molecular weight excluding hydrogens is 220 g/mol. The minimum absolute atomic E-state index is 0.304. The van der Waals surface area contributed by atoms with Gasteiger partial charge >= 0.3 is 0 Å². The molecule has 1 atom stereocenters. The number of nitrogens with one attached hydrogen (secondary N) is 1. The van der Waals surface area contributed by atoms with Gasteiger partial charge in [-0.25, -0.2) is 0 Å². The molecule has 0 radical (unpaired) electrons. The van der Waals surface area contributed by atoms with Crippen molar-refractivity contribution in [3.05, 3.63) is 21.9 Å². The summed E-state index contributed by atoms with van der Waals surface area (Å²) in [6.45, 7) is 3.94. The summed E-state index contributed by atoms with van der Waals surface area (Å²) in [6, 6.07) is 2.52. The van der Waals surface area contributed by atoms with Crippen LogP contribution in [0.1, 0.15) is 36.2 Å². The number of hydrogen-bond acceptors (Lipinski definition) is 4. The molecule has 2 heterocycles. The molecule has 1 saturated heterocycles. The fourth-order valence-electron chi connectivity index (χ4n) is 2.39. The molecular formula is C12H20N2OS. The molecule has 1 aromatic rings. The average Bonchev–Trinajstić information content (AvgIpc) is 2.80. The van der Waals surface area contributed by atoms with E-state index < -0.39 is 0 Å². The third-order valence-electron chi connectivity index (χ3n) is 3.36. The lowest BCUT2D eigenvalue weighted by molar-refractivity contribution is 0.0540. The second-order valence-electron chi connectivity index (χ2n) is 4.26. The van der Waals surface area contributed by atoms with Crippen LogP contribution in [0.2, 0.25) is 0 Å². The Morgan fingerprint density at radius 3 is 2.94 bits per heavy atom. The summed E-state index contributed by atoms with van der Waals surface area (Å²) in [5.74, 6) is 6.35. The van der Waals surface area contributed by atoms with E-state index in [0.717, 1.165) is 32.5 Å². The van der Waals surface area contributed by atoms with E-state index in [1.165, 1.54) is 10.4 Å². The number of hydrogen-bond donors (Lipinski definition) is 2. The van der Waals surface area contributed by atoms with Gasteiger partial charge in [-0.2, -0.15) is 0 Å². The minimum atomic E-state index is 0.304. The second-order valence-corrected chi connectivity index (χ2v) is 5.21. The fourth-order valence-corrected chi connectivity index (χ4v) is 3.54. The second kappa shape index (κ2) is 5.77. The van der Waals surface area contributed by atoms with Crippen molar-refractivity contribution in [2.75, 3.05) is 13.2 Å². The number of ether oxygens (including phenoxy) is 1. The maximum atomic E-state index is 5.73. The molecule has 0 aliphatic carbocycles. The molecule has 0 bridgehead atoms. The molecule has 1 aliphatic rings. The summed E-state index contributed by atoms with van der Waals surface area (Å²) in [5, 5.41) is 2.16. The van der Waals surface area contributed by atoms with Gasteiger partial charge in [0.15, 0.2) is 0 Å². The van der Waals surface area contributed by atoms with Crippen molar-refractivity contribution in [1.82, 2.24) is 5.43 Å². The Kier molecular flexibility index (Phi) is 4.35. The zero-order chi connectivity index (χ0) is 11.4. The number of rotatable bonds is 4. The molecule has 1 unspecified atom stereocenters. The zero-order valence-corrected chi connectivity index (χ0v) is 10.6. The quantitative estimate of drug-likeness (QED) is 0.627. The largest absolute Gasteiger partial charge is 0.381 e. The average molecular weight is 240 g/mol. The summed E-state index contributed by atoms with van der Waals surface area (Å²) in [5.41, 5.74) is 4.43. The summed E-state index contributed by atoms with van der Waals surface area (Å²) in [4.78, 5) is 1.41. The monoisotopic (exact) mass is 240 g/mol. The predicted molar refractivity (Wildman–Crippen MR) is 67.3 cm³/mol. The van der Waals surface area contributed by atoms with E-state index in [1.54, 1.807) is 0 Å². The first-order chi connectivity index (χ1) is 7.86. The highest BCUT2D eigenvalue weighted by Gasteiger charge is 2.26. The molecule has 4 heteroatoms. The fraction of sp³-hybridized carbons (Fsp3) is 0.667. The van der Waals surface area contributed by atoms with Crippen LogP contribution in [0.4, 0.5) is 0 Å². The van der Waals surface area contributed by atoms with Crippen LogP contribution in [0, 0.1) is 5.92 Å². The molecule has 2 rings (SSSR count). The van der Waals surface area contributed by atoms with E-state index in [2.05, 4.69) is 23.8 Å². The minimum Gasteiger partial charge on any atom is -0.381 e. The van der Waals surface area contributed by atoms with Gasteiger partial charge in [0.1, 0.15) is 0 Å². The maximum Gasteiger partial charge on any atom is 0.0585 e. The van der Waals surface area contributed by atoms with Crippen LogP contribution >= 0.6 is 11.3 Å². The van der Waals surface area contributed by atoms with Gasteiger partial charge in [0.25, 0.3) is 0 Å². The lowest BCUT2D eigenvalue weighted by Gasteiger charge is -2.29. The molecule has 0 aromatic carbocycles. The van der Waals surface area contributed by atoms with Gasteiger partial charge in [-0.05, 0) is 42.2 Å². The zero-order valence-electron chi connectivity index (χ0n) is 9.74. The van der Waals surface area contributed by atoms with E-state index in [0.29, 0.717) is 12.0 Å². The van der Waals surface area contributed by atoms with Crippen molar-refractivity contribution in [1.29, 1.82) is 0 Å². The van der Waals surface area contributed by atoms with Crippen molar-refractivity contribution >= 4 is 11.3 Å². The number of aryl methyl sites for hydroxylation is 1. The highest BCUT2D eigenvalue weighted by Crippen LogP contribution is 2.34. The van der Waals surface area contributed by atoms with Gasteiger partial charge < -0.3 is 4.74 Å². The number of hydrazine groups is 1. The van der Waals surface area contributed by atoms with E-state index in [-0.39, 0.29) is 0 Å². The summed E-state index contributed by atoms with van der Waals surface area (Å²) in [7, 11) is 0. The summed E-state index contributed by atoms with van der Waals surface area (Å²) >= 11 is 1.82. The van der Waals surface area contributed by atoms with E-state index in [1.807, 2.05) is 11.3 Å². The van der Waals surface area contributed by atoms with Gasteiger partial charge in [-0.3, -0.25) is 11.3 Å². The van der Waals surface area contributed by atoms with Gasteiger partial charge in [-0.1, -0.05) is 6.92 Å². The standard InChI is InChI=1S/C12H20N2OS/c1-2-9-5-8-16-12(9)11(14-13)10-3-6-15-7-4-10/h5,8,10-11,14H,2-4,6-7,13H2,1H3. The molecule has 0 spiro atoms. The van der Waals surface area contributed by atoms with Crippen molar-refractivity contribution in [2.24, 2.45) is 11.8 Å². The van der Waals surface area contributed by atoms with Crippen molar-refractivity contribution in [3.8, 4) is 0 Å². The molecule has 1 fully saturated rings. The highest BCUT2D eigenvalue weighted by atomic mass is 32.1. The first kappa shape index (κ1) is 12.0. The van der Waals surface area contributed by atoms with Crippen molar-refractivity contribution < 1.29 is 4.74 Å². The van der Waals surface area contributed by atoms with E-state index in [4.69, 9.17) is 10.6 Å². The Morgan fingerprint density at radius 1 is 1.56 bits per heavy atom. The van der Waals surface area contributed by atoms with Gasteiger partial charge in [0.05, 0.1) is 6.04 Å². The normalized spacial score (nSPS) is 19.9. The Labute approximate surface area is 101 Å². The first-order valence-electron chi connectivity index (χ1n) is 5.97. The summed E-state index contributed by atoms with van der Waals surface area (Å²) in [6.07, 6.45) is 3.30. The lowest BCUT2D eigenvalue weighted by Crippen LogP contribution is -2.36. The molecule has 3 nitrogen and oxygen atoms in total. The third-order valence-corrected chi connectivity index (χ3v) is 4.40. The Bertz CT molecular complexity index is 321. The molecule has 1 aromatic heterocycles. The third kappa shape index (κ3) is 2.46. The van der Waals surface area contributed by atoms with Crippen LogP contribution < -0.4 is 11.3 Å². The van der Waals surface area contributed by atoms with Crippen molar-refractivity contribution in [2.45, 2.75) is 32.2 Å².